The first-order valence-corrected chi connectivity index (χ1v) is 11.6. The molecule has 0 saturated carbocycles. The molecule has 0 spiro atoms. The van der Waals surface area contributed by atoms with Gasteiger partial charge in [0.25, 0.3) is 0 Å². The molecule has 2 rings (SSSR count). The zero-order valence-corrected chi connectivity index (χ0v) is 20.3. The molecule has 2 nitrogen and oxygen atoms in total. The van der Waals surface area contributed by atoms with Crippen LogP contribution in [0.3, 0.4) is 0 Å². The average molecular weight is 411 g/mol. The molecular formula is C28H42O2. The smallest absolute Gasteiger partial charge is 0.126 e. The fourth-order valence-electron chi connectivity index (χ4n) is 4.11. The quantitative estimate of drug-likeness (QED) is 0.415. The van der Waals surface area contributed by atoms with E-state index >= 15 is 0 Å². The molecule has 2 heteroatoms. The van der Waals surface area contributed by atoms with Crippen molar-refractivity contribution >= 4 is 0 Å². The van der Waals surface area contributed by atoms with Crippen LogP contribution < -0.4 is 4.74 Å². The predicted molar refractivity (Wildman–Crippen MR) is 130 cm³/mol. The van der Waals surface area contributed by atoms with Crippen LogP contribution in [-0.2, 0) is 6.42 Å². The highest BCUT2D eigenvalue weighted by Crippen LogP contribution is 2.41. The highest BCUT2D eigenvalue weighted by molar-refractivity contribution is 5.53. The number of phenolic OH excluding ortho intramolecular Hbond substituents is 1. The molecule has 166 valence electrons. The second kappa shape index (κ2) is 10.9. The van der Waals surface area contributed by atoms with Gasteiger partial charge in [0.1, 0.15) is 17.1 Å². The maximum absolute atomic E-state index is 10.1. The second-order valence-electron chi connectivity index (χ2n) is 9.68. The summed E-state index contributed by atoms with van der Waals surface area (Å²) in [7, 11) is 0. The fourth-order valence-corrected chi connectivity index (χ4v) is 4.11. The molecule has 0 fully saturated rings. The molecule has 1 atom stereocenters. The van der Waals surface area contributed by atoms with Gasteiger partial charge in [0.15, 0.2) is 0 Å². The molecule has 1 aromatic carbocycles. The third-order valence-corrected chi connectivity index (χ3v) is 6.45. The molecule has 0 bridgehead atoms. The third-order valence-electron chi connectivity index (χ3n) is 6.45. The van der Waals surface area contributed by atoms with E-state index in [9.17, 15) is 5.11 Å². The maximum atomic E-state index is 10.1. The molecule has 1 N–H and O–H groups in total. The van der Waals surface area contributed by atoms with Gasteiger partial charge in [-0.25, -0.2) is 0 Å². The van der Waals surface area contributed by atoms with Crippen molar-refractivity contribution in [2.24, 2.45) is 0 Å². The van der Waals surface area contributed by atoms with E-state index in [2.05, 4.69) is 59.8 Å². The van der Waals surface area contributed by atoms with Crippen molar-refractivity contribution in [3.05, 3.63) is 57.7 Å². The summed E-state index contributed by atoms with van der Waals surface area (Å²) < 4.78 is 6.48. The molecule has 1 aliphatic heterocycles. The van der Waals surface area contributed by atoms with Crippen LogP contribution in [0.1, 0.15) is 96.3 Å². The molecule has 0 aliphatic carbocycles. The van der Waals surface area contributed by atoms with E-state index in [1.165, 1.54) is 23.1 Å². The van der Waals surface area contributed by atoms with Crippen molar-refractivity contribution in [2.45, 2.75) is 105 Å². The van der Waals surface area contributed by atoms with Gasteiger partial charge in [-0.1, -0.05) is 34.9 Å². The summed E-state index contributed by atoms with van der Waals surface area (Å²) in [6.45, 7) is 15.1. The normalized spacial score (nSPS) is 19.3. The van der Waals surface area contributed by atoms with Crippen molar-refractivity contribution < 1.29 is 9.84 Å². The summed E-state index contributed by atoms with van der Waals surface area (Å²) in [5.74, 6) is 1.38. The van der Waals surface area contributed by atoms with Crippen molar-refractivity contribution in [1.82, 2.24) is 0 Å². The first kappa shape index (κ1) is 24.3. The van der Waals surface area contributed by atoms with E-state index in [-0.39, 0.29) is 5.60 Å². The lowest BCUT2D eigenvalue weighted by Crippen LogP contribution is -2.36. The van der Waals surface area contributed by atoms with Crippen molar-refractivity contribution in [1.29, 1.82) is 0 Å². The lowest BCUT2D eigenvalue weighted by atomic mass is 9.87. The van der Waals surface area contributed by atoms with E-state index in [1.807, 2.05) is 13.0 Å². The number of ether oxygens (including phenoxy) is 1. The third kappa shape index (κ3) is 7.07. The average Bonchev–Trinajstić information content (AvgIpc) is 2.67. The van der Waals surface area contributed by atoms with E-state index in [0.29, 0.717) is 5.75 Å². The Balaban J connectivity index is 1.83. The second-order valence-corrected chi connectivity index (χ2v) is 9.68. The van der Waals surface area contributed by atoms with Crippen molar-refractivity contribution in [2.75, 3.05) is 0 Å². The monoisotopic (exact) mass is 410 g/mol. The SMILES string of the molecule is CC(C)=CCC/C(C)=C/CCC(C)=CCC[C@]1(C)CCc2cc(O)c(C)c(C)c2O1. The van der Waals surface area contributed by atoms with E-state index in [0.717, 1.165) is 67.4 Å². The van der Waals surface area contributed by atoms with Crippen LogP contribution in [0.25, 0.3) is 0 Å². The summed E-state index contributed by atoms with van der Waals surface area (Å²) in [6, 6.07) is 1.89. The molecule has 1 aromatic rings. The Hall–Kier alpha value is -1.96. The Kier molecular flexibility index (Phi) is 8.82. The van der Waals surface area contributed by atoms with Crippen LogP contribution in [0.5, 0.6) is 11.5 Å². The summed E-state index contributed by atoms with van der Waals surface area (Å²) in [6.07, 6.45) is 15.8. The summed E-state index contributed by atoms with van der Waals surface area (Å²) >= 11 is 0. The highest BCUT2D eigenvalue weighted by Gasteiger charge is 2.32. The number of hydrogen-bond acceptors (Lipinski definition) is 2. The molecule has 0 unspecified atom stereocenters. The van der Waals surface area contributed by atoms with Gasteiger partial charge < -0.3 is 9.84 Å². The first-order valence-electron chi connectivity index (χ1n) is 11.6. The van der Waals surface area contributed by atoms with Crippen LogP contribution in [0.4, 0.5) is 0 Å². The molecule has 30 heavy (non-hydrogen) atoms. The Morgan fingerprint density at radius 3 is 2.20 bits per heavy atom. The molecule has 0 saturated heterocycles. The number of fused-ring (bicyclic) bond motifs is 1. The summed E-state index contributed by atoms with van der Waals surface area (Å²) in [4.78, 5) is 0. The lowest BCUT2D eigenvalue weighted by molar-refractivity contribution is 0.0560. The number of hydrogen-bond donors (Lipinski definition) is 1. The Morgan fingerprint density at radius 2 is 1.57 bits per heavy atom. The van der Waals surface area contributed by atoms with Crippen molar-refractivity contribution in [3.63, 3.8) is 0 Å². The zero-order valence-electron chi connectivity index (χ0n) is 20.3. The van der Waals surface area contributed by atoms with Crippen LogP contribution in [0.2, 0.25) is 0 Å². The molecule has 0 aromatic heterocycles. The van der Waals surface area contributed by atoms with E-state index in [4.69, 9.17) is 4.74 Å². The molecule has 1 aliphatic rings. The Bertz CT molecular complexity index is 822. The molecular weight excluding hydrogens is 368 g/mol. The van der Waals surface area contributed by atoms with E-state index in [1.54, 1.807) is 0 Å². The Labute approximate surface area is 184 Å². The molecule has 0 amide bonds. The molecule has 0 radical (unpaired) electrons. The van der Waals surface area contributed by atoms with Gasteiger partial charge in [-0.15, -0.1) is 0 Å². The minimum atomic E-state index is -0.126. The number of rotatable bonds is 9. The Morgan fingerprint density at radius 1 is 0.967 bits per heavy atom. The number of aryl methyl sites for hydroxylation is 1. The highest BCUT2D eigenvalue weighted by atomic mass is 16.5. The van der Waals surface area contributed by atoms with Gasteiger partial charge in [-0.2, -0.15) is 0 Å². The largest absolute Gasteiger partial charge is 0.508 e. The van der Waals surface area contributed by atoms with Crippen LogP contribution >= 0.6 is 0 Å². The van der Waals surface area contributed by atoms with Gasteiger partial charge in [-0.3, -0.25) is 0 Å². The standard InChI is InChI=1S/C28H42O2/c1-20(2)11-8-12-21(3)13-9-14-22(4)15-10-17-28(7)18-16-25-19-26(29)23(5)24(6)27(25)30-28/h11,13,15,19,29H,8-10,12,14,16-18H2,1-7H3/b21-13+,22-15?/t28-/m1/s1. The van der Waals surface area contributed by atoms with Crippen molar-refractivity contribution in [3.8, 4) is 11.5 Å². The van der Waals surface area contributed by atoms with Gasteiger partial charge in [0.05, 0.1) is 0 Å². The number of phenols is 1. The minimum Gasteiger partial charge on any atom is -0.508 e. The lowest BCUT2D eigenvalue weighted by Gasteiger charge is -2.37. The topological polar surface area (TPSA) is 29.5 Å². The molecule has 1 heterocycles. The maximum Gasteiger partial charge on any atom is 0.126 e. The number of aromatic hydroxyl groups is 1. The number of benzene rings is 1. The van der Waals surface area contributed by atoms with E-state index < -0.39 is 0 Å². The summed E-state index contributed by atoms with van der Waals surface area (Å²) in [5.41, 5.74) is 7.40. The number of allylic oxidation sites excluding steroid dienone is 6. The predicted octanol–water partition coefficient (Wildman–Crippen LogP) is 8.29. The minimum absolute atomic E-state index is 0.126. The van der Waals surface area contributed by atoms with Gasteiger partial charge in [0.2, 0.25) is 0 Å². The van der Waals surface area contributed by atoms with Crippen LogP contribution in [0.15, 0.2) is 41.0 Å². The van der Waals surface area contributed by atoms with Crippen LogP contribution in [0, 0.1) is 13.8 Å². The zero-order chi connectivity index (χ0) is 22.3. The first-order chi connectivity index (χ1) is 14.1. The van der Waals surface area contributed by atoms with Gasteiger partial charge >= 0.3 is 0 Å². The summed E-state index contributed by atoms with van der Waals surface area (Å²) in [5, 5.41) is 10.1. The van der Waals surface area contributed by atoms with Gasteiger partial charge in [0, 0.05) is 0 Å². The van der Waals surface area contributed by atoms with Gasteiger partial charge in [-0.05, 0) is 123 Å². The van der Waals surface area contributed by atoms with Crippen LogP contribution in [-0.4, -0.2) is 10.7 Å². The fraction of sp³-hybridized carbons (Fsp3) is 0.571.